The Hall–Kier alpha value is -3.13. The Kier molecular flexibility index (Phi) is 7.47. The van der Waals surface area contributed by atoms with E-state index in [1.807, 2.05) is 35.2 Å². The number of hydrogen-bond donors (Lipinski definition) is 1. The van der Waals surface area contributed by atoms with Crippen molar-refractivity contribution in [1.82, 2.24) is 14.7 Å². The van der Waals surface area contributed by atoms with E-state index in [0.717, 1.165) is 70.2 Å². The Balaban J connectivity index is 1.21. The number of rotatable bonds is 8. The molecule has 7 nitrogen and oxygen atoms in total. The fraction of sp³-hybridized carbons (Fsp3) is 0.393. The van der Waals surface area contributed by atoms with E-state index in [4.69, 9.17) is 9.15 Å². The number of carbonyl (C=O) groups is 1. The van der Waals surface area contributed by atoms with Gasteiger partial charge in [-0.3, -0.25) is 14.6 Å². The lowest BCUT2D eigenvalue weighted by Gasteiger charge is -2.30. The van der Waals surface area contributed by atoms with Crippen molar-refractivity contribution in [2.45, 2.75) is 26.1 Å². The molecule has 1 aromatic heterocycles. The lowest BCUT2D eigenvalue weighted by molar-refractivity contribution is 0.0321. The number of nitrogens with zero attached hydrogens (tertiary/aromatic N) is 3. The van der Waals surface area contributed by atoms with Gasteiger partial charge in [0.15, 0.2) is 0 Å². The number of phenols is 1. The summed E-state index contributed by atoms with van der Waals surface area (Å²) in [6.45, 7) is 8.24. The van der Waals surface area contributed by atoms with Crippen molar-refractivity contribution in [1.29, 1.82) is 0 Å². The normalized spacial score (nSPS) is 16.4. The zero-order valence-corrected chi connectivity index (χ0v) is 20.1. The third-order valence-electron chi connectivity index (χ3n) is 6.89. The molecule has 2 aromatic carbocycles. The van der Waals surface area contributed by atoms with Crippen molar-refractivity contribution in [3.8, 4) is 5.75 Å². The van der Waals surface area contributed by atoms with Crippen molar-refractivity contribution < 1.29 is 19.1 Å². The van der Waals surface area contributed by atoms with Gasteiger partial charge in [-0.25, -0.2) is 0 Å². The first kappa shape index (κ1) is 23.6. The number of aromatic hydroxyl groups is 1. The van der Waals surface area contributed by atoms with Gasteiger partial charge in [-0.15, -0.1) is 0 Å². The maximum absolute atomic E-state index is 13.1. The van der Waals surface area contributed by atoms with E-state index in [9.17, 15) is 9.90 Å². The quantitative estimate of drug-likeness (QED) is 0.538. The SMILES string of the molecule is O=C(c1ccc(CN(CCN2CCOCC2)Cc2ccco2)cc1)N1CCc2ccc(O)cc2C1. The highest BCUT2D eigenvalue weighted by Gasteiger charge is 2.22. The Morgan fingerprint density at radius 2 is 1.80 bits per heavy atom. The molecule has 1 N–H and O–H groups in total. The number of carbonyl (C=O) groups excluding carboxylic acids is 1. The number of hydrogen-bond acceptors (Lipinski definition) is 6. The number of amides is 1. The Bertz CT molecular complexity index is 1110. The van der Waals surface area contributed by atoms with Crippen LogP contribution in [-0.2, 0) is 30.8 Å². The van der Waals surface area contributed by atoms with Crippen LogP contribution in [0.25, 0.3) is 0 Å². The molecule has 0 radical (unpaired) electrons. The van der Waals surface area contributed by atoms with Gasteiger partial charge in [0.05, 0.1) is 26.0 Å². The van der Waals surface area contributed by atoms with E-state index in [0.29, 0.717) is 18.7 Å². The van der Waals surface area contributed by atoms with Gasteiger partial charge in [-0.05, 0) is 59.5 Å². The third-order valence-corrected chi connectivity index (χ3v) is 6.89. The van der Waals surface area contributed by atoms with E-state index < -0.39 is 0 Å². The van der Waals surface area contributed by atoms with Gasteiger partial charge >= 0.3 is 0 Å². The van der Waals surface area contributed by atoms with Crippen LogP contribution in [0.5, 0.6) is 5.75 Å². The molecular formula is C28H33N3O4. The van der Waals surface area contributed by atoms with Crippen LogP contribution in [0.3, 0.4) is 0 Å². The number of ether oxygens (including phenoxy) is 1. The molecule has 0 spiro atoms. The molecule has 7 heteroatoms. The highest BCUT2D eigenvalue weighted by atomic mass is 16.5. The zero-order chi connectivity index (χ0) is 24.0. The summed E-state index contributed by atoms with van der Waals surface area (Å²) in [5.41, 5.74) is 4.10. The average molecular weight is 476 g/mol. The topological polar surface area (TPSA) is 69.4 Å². The minimum Gasteiger partial charge on any atom is -0.508 e. The molecule has 0 unspecified atom stereocenters. The lowest BCUT2D eigenvalue weighted by Crippen LogP contribution is -2.41. The number of morpholine rings is 1. The molecule has 1 saturated heterocycles. The molecule has 0 bridgehead atoms. The minimum atomic E-state index is 0.0327. The first-order valence-electron chi connectivity index (χ1n) is 12.4. The predicted octanol–water partition coefficient (Wildman–Crippen LogP) is 3.52. The van der Waals surface area contributed by atoms with Crippen LogP contribution in [0.4, 0.5) is 0 Å². The van der Waals surface area contributed by atoms with Crippen molar-refractivity contribution in [3.05, 3.63) is 88.9 Å². The number of benzene rings is 2. The van der Waals surface area contributed by atoms with Crippen LogP contribution in [0.15, 0.2) is 65.3 Å². The molecular weight excluding hydrogens is 442 g/mol. The minimum absolute atomic E-state index is 0.0327. The zero-order valence-electron chi connectivity index (χ0n) is 20.1. The predicted molar refractivity (Wildman–Crippen MR) is 133 cm³/mol. The Labute approximate surface area is 206 Å². The molecule has 5 rings (SSSR count). The average Bonchev–Trinajstić information content (AvgIpc) is 3.40. The molecule has 3 aromatic rings. The van der Waals surface area contributed by atoms with Crippen LogP contribution in [-0.4, -0.2) is 71.7 Å². The van der Waals surface area contributed by atoms with Gasteiger partial charge in [0.25, 0.3) is 5.91 Å². The molecule has 0 saturated carbocycles. The van der Waals surface area contributed by atoms with E-state index in [2.05, 4.69) is 21.9 Å². The number of furan rings is 1. The summed E-state index contributed by atoms with van der Waals surface area (Å²) in [7, 11) is 0. The van der Waals surface area contributed by atoms with E-state index in [1.165, 1.54) is 11.1 Å². The first-order chi connectivity index (χ1) is 17.1. The fourth-order valence-corrected chi connectivity index (χ4v) is 4.85. The van der Waals surface area contributed by atoms with Crippen LogP contribution in [0.1, 0.15) is 32.8 Å². The maximum atomic E-state index is 13.1. The second-order valence-corrected chi connectivity index (χ2v) is 9.37. The van der Waals surface area contributed by atoms with Gasteiger partial charge in [0.1, 0.15) is 11.5 Å². The van der Waals surface area contributed by atoms with Gasteiger partial charge < -0.3 is 19.2 Å². The van der Waals surface area contributed by atoms with Gasteiger partial charge in [0, 0.05) is 51.4 Å². The number of fused-ring (bicyclic) bond motifs is 1. The highest BCUT2D eigenvalue weighted by molar-refractivity contribution is 5.94. The molecule has 35 heavy (non-hydrogen) atoms. The third kappa shape index (κ3) is 6.11. The molecule has 3 heterocycles. The Morgan fingerprint density at radius 1 is 0.971 bits per heavy atom. The molecule has 2 aliphatic rings. The summed E-state index contributed by atoms with van der Waals surface area (Å²) in [4.78, 5) is 19.8. The van der Waals surface area contributed by atoms with Gasteiger partial charge in [-0.2, -0.15) is 0 Å². The highest BCUT2D eigenvalue weighted by Crippen LogP contribution is 2.24. The molecule has 1 amide bonds. The summed E-state index contributed by atoms with van der Waals surface area (Å²) < 4.78 is 11.1. The van der Waals surface area contributed by atoms with Crippen molar-refractivity contribution >= 4 is 5.91 Å². The van der Waals surface area contributed by atoms with Gasteiger partial charge in [0.2, 0.25) is 0 Å². The molecule has 0 aliphatic carbocycles. The van der Waals surface area contributed by atoms with E-state index in [-0.39, 0.29) is 11.7 Å². The maximum Gasteiger partial charge on any atom is 0.254 e. The summed E-state index contributed by atoms with van der Waals surface area (Å²) in [5, 5.41) is 9.80. The summed E-state index contributed by atoms with van der Waals surface area (Å²) in [6, 6.07) is 17.4. The van der Waals surface area contributed by atoms with Crippen molar-refractivity contribution in [3.63, 3.8) is 0 Å². The van der Waals surface area contributed by atoms with Crippen molar-refractivity contribution in [2.24, 2.45) is 0 Å². The summed E-state index contributed by atoms with van der Waals surface area (Å²) >= 11 is 0. The monoisotopic (exact) mass is 475 g/mol. The van der Waals surface area contributed by atoms with Crippen LogP contribution in [0.2, 0.25) is 0 Å². The molecule has 1 fully saturated rings. The first-order valence-corrected chi connectivity index (χ1v) is 12.4. The summed E-state index contributed by atoms with van der Waals surface area (Å²) in [5.74, 6) is 1.23. The largest absolute Gasteiger partial charge is 0.508 e. The standard InChI is InChI=1S/C28H33N3O4/c32-26-8-7-23-9-10-31(20-25(23)18-26)28(33)24-5-3-22(4-6-24)19-30(21-27-2-1-15-35-27)12-11-29-13-16-34-17-14-29/h1-8,15,18,32H,9-14,16-17,19-21H2. The molecule has 184 valence electrons. The molecule has 2 aliphatic heterocycles. The van der Waals surface area contributed by atoms with Crippen LogP contribution in [0, 0.1) is 0 Å². The van der Waals surface area contributed by atoms with Crippen molar-refractivity contribution in [2.75, 3.05) is 45.9 Å². The lowest BCUT2D eigenvalue weighted by atomic mass is 9.98. The van der Waals surface area contributed by atoms with E-state index >= 15 is 0 Å². The second kappa shape index (κ2) is 11.1. The van der Waals surface area contributed by atoms with E-state index in [1.54, 1.807) is 18.4 Å². The summed E-state index contributed by atoms with van der Waals surface area (Å²) in [6.07, 6.45) is 2.53. The molecule has 0 atom stereocenters. The van der Waals surface area contributed by atoms with Gasteiger partial charge in [-0.1, -0.05) is 18.2 Å². The smallest absolute Gasteiger partial charge is 0.254 e. The van der Waals surface area contributed by atoms with Crippen LogP contribution >= 0.6 is 0 Å². The second-order valence-electron chi connectivity index (χ2n) is 9.37. The Morgan fingerprint density at radius 3 is 2.57 bits per heavy atom. The number of phenolic OH excluding ortho intramolecular Hbond substituents is 1. The van der Waals surface area contributed by atoms with Crippen LogP contribution < -0.4 is 0 Å². The fourth-order valence-electron chi connectivity index (χ4n) is 4.85.